The normalized spacial score (nSPS) is 16.8. The summed E-state index contributed by atoms with van der Waals surface area (Å²) < 4.78 is 15.5. The summed E-state index contributed by atoms with van der Waals surface area (Å²) in [5.41, 5.74) is 5.93. The number of hydrogen-bond acceptors (Lipinski definition) is 7. The number of aryl methyl sites for hydroxylation is 1. The summed E-state index contributed by atoms with van der Waals surface area (Å²) in [6.45, 7) is 11.4. The van der Waals surface area contributed by atoms with E-state index >= 15 is 0 Å². The van der Waals surface area contributed by atoms with Crippen molar-refractivity contribution in [2.75, 3.05) is 13.1 Å². The van der Waals surface area contributed by atoms with Crippen LogP contribution in [0.3, 0.4) is 0 Å². The molecular formula is C33H39N7O3. The average molecular weight is 582 g/mol. The first-order valence-corrected chi connectivity index (χ1v) is 15.0. The number of ether oxygens (including phenoxy) is 2. The van der Waals surface area contributed by atoms with Gasteiger partial charge in [0.15, 0.2) is 5.65 Å². The Morgan fingerprint density at radius 3 is 2.60 bits per heavy atom. The summed E-state index contributed by atoms with van der Waals surface area (Å²) in [5, 5.41) is 8.67. The maximum Gasteiger partial charge on any atom is 0.410 e. The number of carbonyl (C=O) groups excluding carboxylic acids is 1. The first-order valence-electron chi connectivity index (χ1n) is 15.0. The van der Waals surface area contributed by atoms with Gasteiger partial charge in [0.2, 0.25) is 0 Å². The molecular weight excluding hydrogens is 542 g/mol. The van der Waals surface area contributed by atoms with Crippen molar-refractivity contribution in [3.05, 3.63) is 83.8 Å². The van der Waals surface area contributed by atoms with Crippen LogP contribution in [0.15, 0.2) is 61.4 Å². The number of likely N-dealkylation sites (tertiary alicyclic amines) is 1. The van der Waals surface area contributed by atoms with E-state index in [1.807, 2.05) is 60.8 Å². The van der Waals surface area contributed by atoms with Crippen LogP contribution in [0.25, 0.3) is 11.2 Å². The van der Waals surface area contributed by atoms with Gasteiger partial charge in [-0.1, -0.05) is 19.1 Å². The number of aromatic nitrogens is 6. The third-order valence-corrected chi connectivity index (χ3v) is 8.06. The number of hydrogen-bond donors (Lipinski definition) is 0. The molecule has 2 unspecified atom stereocenters. The standard InChI is InChI=1S/C33H39N7O3/c1-22-17-24(8-9-28(22)42-26-11-15-39-29(19-26)34-20-36-39)18-23(2)30-31-27(12-16-40(31)37-21-35-30)25-7-6-13-38(14-10-25)32(41)43-33(3,4)5/h8-9,11-12,15-17,19-21,23,25H,6-7,10,13-14,18H2,1-5H3. The molecule has 0 radical (unpaired) electrons. The van der Waals surface area contributed by atoms with E-state index in [4.69, 9.17) is 14.5 Å². The fraction of sp³-hybridized carbons (Fsp3) is 0.424. The van der Waals surface area contributed by atoms with Gasteiger partial charge in [-0.2, -0.15) is 10.2 Å². The minimum Gasteiger partial charge on any atom is -0.457 e. The summed E-state index contributed by atoms with van der Waals surface area (Å²) in [5.74, 6) is 2.03. The van der Waals surface area contributed by atoms with Gasteiger partial charge in [-0.05, 0) is 94.2 Å². The number of fused-ring (bicyclic) bond motifs is 2. The molecule has 1 aliphatic rings. The van der Waals surface area contributed by atoms with E-state index in [-0.39, 0.29) is 12.0 Å². The molecule has 1 fully saturated rings. The van der Waals surface area contributed by atoms with Gasteiger partial charge in [0.05, 0.1) is 11.2 Å². The molecule has 224 valence electrons. The Kier molecular flexibility index (Phi) is 7.77. The fourth-order valence-electron chi connectivity index (χ4n) is 6.00. The molecule has 4 aromatic heterocycles. The van der Waals surface area contributed by atoms with Gasteiger partial charge in [0.1, 0.15) is 29.8 Å². The van der Waals surface area contributed by atoms with Gasteiger partial charge in [0, 0.05) is 37.5 Å². The zero-order chi connectivity index (χ0) is 30.1. The molecule has 5 aromatic rings. The molecule has 1 saturated heterocycles. The minimum atomic E-state index is -0.497. The third-order valence-electron chi connectivity index (χ3n) is 8.06. The van der Waals surface area contributed by atoms with Crippen LogP contribution in [-0.2, 0) is 11.2 Å². The first-order chi connectivity index (χ1) is 20.6. The maximum atomic E-state index is 12.7. The molecule has 0 aliphatic carbocycles. The van der Waals surface area contributed by atoms with Crippen molar-refractivity contribution in [1.29, 1.82) is 0 Å². The Morgan fingerprint density at radius 2 is 1.79 bits per heavy atom. The van der Waals surface area contributed by atoms with Crippen LogP contribution in [0.4, 0.5) is 4.79 Å². The van der Waals surface area contributed by atoms with Crippen LogP contribution >= 0.6 is 0 Å². The van der Waals surface area contributed by atoms with E-state index in [2.05, 4.69) is 47.2 Å². The predicted octanol–water partition coefficient (Wildman–Crippen LogP) is 6.72. The predicted molar refractivity (Wildman–Crippen MR) is 164 cm³/mol. The second-order valence-corrected chi connectivity index (χ2v) is 12.5. The number of amides is 1. The Hall–Kier alpha value is -4.47. The highest BCUT2D eigenvalue weighted by molar-refractivity contribution is 5.68. The molecule has 0 spiro atoms. The monoisotopic (exact) mass is 581 g/mol. The molecule has 43 heavy (non-hydrogen) atoms. The number of pyridine rings is 1. The molecule has 6 rings (SSSR count). The van der Waals surface area contributed by atoms with Gasteiger partial charge >= 0.3 is 6.09 Å². The number of rotatable bonds is 6. The molecule has 10 nitrogen and oxygen atoms in total. The number of nitrogens with zero attached hydrogens (tertiary/aromatic N) is 7. The van der Waals surface area contributed by atoms with Crippen LogP contribution in [0.5, 0.6) is 11.5 Å². The van der Waals surface area contributed by atoms with Crippen molar-refractivity contribution in [3.8, 4) is 11.5 Å². The summed E-state index contributed by atoms with van der Waals surface area (Å²) >= 11 is 0. The van der Waals surface area contributed by atoms with Crippen molar-refractivity contribution < 1.29 is 14.3 Å². The summed E-state index contributed by atoms with van der Waals surface area (Å²) in [6, 6.07) is 12.3. The largest absolute Gasteiger partial charge is 0.457 e. The molecule has 10 heteroatoms. The van der Waals surface area contributed by atoms with E-state index in [9.17, 15) is 4.79 Å². The van der Waals surface area contributed by atoms with Crippen molar-refractivity contribution >= 4 is 17.3 Å². The lowest BCUT2D eigenvalue weighted by Gasteiger charge is -2.26. The van der Waals surface area contributed by atoms with E-state index < -0.39 is 5.60 Å². The van der Waals surface area contributed by atoms with E-state index in [0.29, 0.717) is 19.0 Å². The van der Waals surface area contributed by atoms with Gasteiger partial charge < -0.3 is 14.4 Å². The molecule has 1 aromatic carbocycles. The van der Waals surface area contributed by atoms with Crippen LogP contribution in [0, 0.1) is 6.92 Å². The molecule has 2 atom stereocenters. The van der Waals surface area contributed by atoms with Gasteiger partial charge in [0.25, 0.3) is 0 Å². The van der Waals surface area contributed by atoms with Crippen LogP contribution < -0.4 is 4.74 Å². The second-order valence-electron chi connectivity index (χ2n) is 12.5. The molecule has 0 bridgehead atoms. The summed E-state index contributed by atoms with van der Waals surface area (Å²) in [6.07, 6.45) is 10.5. The molecule has 0 N–H and O–H groups in total. The second kappa shape index (κ2) is 11.7. The average Bonchev–Trinajstić information content (AvgIpc) is 3.53. The van der Waals surface area contributed by atoms with Crippen molar-refractivity contribution in [2.45, 2.75) is 77.7 Å². The summed E-state index contributed by atoms with van der Waals surface area (Å²) in [7, 11) is 0. The Labute approximate surface area is 251 Å². The molecule has 5 heterocycles. The Balaban J connectivity index is 1.18. The number of benzene rings is 1. The SMILES string of the molecule is Cc1cc(CC(C)c2ncnn3ccc(C4CCCN(C(=O)OC(C)(C)C)CC4)c23)ccc1Oc1ccn2ncnc2c1. The maximum absolute atomic E-state index is 12.7. The lowest BCUT2D eigenvalue weighted by molar-refractivity contribution is 0.0256. The van der Waals surface area contributed by atoms with E-state index in [1.165, 1.54) is 17.5 Å². The quantitative estimate of drug-likeness (QED) is 0.219. The minimum absolute atomic E-state index is 0.171. The smallest absolute Gasteiger partial charge is 0.410 e. The highest BCUT2D eigenvalue weighted by Crippen LogP contribution is 2.35. The van der Waals surface area contributed by atoms with Gasteiger partial charge in [-0.25, -0.2) is 23.8 Å². The Morgan fingerprint density at radius 1 is 1.00 bits per heavy atom. The third kappa shape index (κ3) is 6.33. The lowest BCUT2D eigenvalue weighted by atomic mass is 9.89. The zero-order valence-corrected chi connectivity index (χ0v) is 25.5. The van der Waals surface area contributed by atoms with E-state index in [1.54, 1.807) is 10.8 Å². The van der Waals surface area contributed by atoms with E-state index in [0.717, 1.165) is 59.6 Å². The van der Waals surface area contributed by atoms with Gasteiger partial charge in [-0.15, -0.1) is 0 Å². The Bertz CT molecular complexity index is 1750. The first kappa shape index (κ1) is 28.6. The lowest BCUT2D eigenvalue weighted by Crippen LogP contribution is -2.37. The summed E-state index contributed by atoms with van der Waals surface area (Å²) in [4.78, 5) is 23.6. The van der Waals surface area contributed by atoms with Crippen molar-refractivity contribution in [1.82, 2.24) is 34.1 Å². The molecule has 0 saturated carbocycles. The highest BCUT2D eigenvalue weighted by atomic mass is 16.6. The van der Waals surface area contributed by atoms with Crippen molar-refractivity contribution in [2.24, 2.45) is 0 Å². The number of carbonyl (C=O) groups is 1. The van der Waals surface area contributed by atoms with Crippen LogP contribution in [-0.4, -0.2) is 58.9 Å². The molecule has 1 amide bonds. The highest BCUT2D eigenvalue weighted by Gasteiger charge is 2.28. The van der Waals surface area contributed by atoms with Crippen LogP contribution in [0.2, 0.25) is 0 Å². The zero-order valence-electron chi connectivity index (χ0n) is 25.5. The van der Waals surface area contributed by atoms with Gasteiger partial charge in [-0.3, -0.25) is 0 Å². The fourth-order valence-corrected chi connectivity index (χ4v) is 6.00. The van der Waals surface area contributed by atoms with Crippen molar-refractivity contribution in [3.63, 3.8) is 0 Å². The molecule has 1 aliphatic heterocycles. The van der Waals surface area contributed by atoms with Crippen LogP contribution in [0.1, 0.15) is 81.2 Å². The topological polar surface area (TPSA) is 99.2 Å².